The summed E-state index contributed by atoms with van der Waals surface area (Å²) in [5, 5.41) is 1.31. The Bertz CT molecular complexity index is 542. The maximum absolute atomic E-state index is 4.30. The van der Waals surface area contributed by atoms with Crippen molar-refractivity contribution < 1.29 is 0 Å². The Balaban J connectivity index is 2.49. The van der Waals surface area contributed by atoms with Crippen molar-refractivity contribution in [3.05, 3.63) is 30.2 Å². The smallest absolute Gasteiger partial charge is 0.0517 e. The van der Waals surface area contributed by atoms with Crippen LogP contribution in [0.15, 0.2) is 24.7 Å². The number of hydrogen-bond donors (Lipinski definition) is 0. The summed E-state index contributed by atoms with van der Waals surface area (Å²) in [6.07, 6.45) is 7.39. The Morgan fingerprint density at radius 2 is 2.05 bits per heavy atom. The fraction of sp³-hybridized carbons (Fsp3) is 0.562. The highest BCUT2D eigenvalue weighted by Gasteiger charge is 2.16. The highest BCUT2D eigenvalue weighted by atomic mass is 15.1. The molecule has 19 heavy (non-hydrogen) atoms. The van der Waals surface area contributed by atoms with E-state index in [0.29, 0.717) is 12.0 Å². The van der Waals surface area contributed by atoms with Crippen LogP contribution in [0.4, 0.5) is 0 Å². The molecule has 2 unspecified atom stereocenters. The summed E-state index contributed by atoms with van der Waals surface area (Å²) in [6, 6.07) is 2.60. The molecule has 0 spiro atoms. The summed E-state index contributed by atoms with van der Waals surface area (Å²) < 4.78 is 2.40. The zero-order chi connectivity index (χ0) is 14.0. The molecule has 0 N–H and O–H groups in total. The second kappa shape index (κ2) is 5.74. The third-order valence-electron chi connectivity index (χ3n) is 3.91. The van der Waals surface area contributed by atoms with E-state index in [2.05, 4.69) is 61.6 Å². The number of fused-ring (bicyclic) bond motifs is 1. The van der Waals surface area contributed by atoms with E-state index < -0.39 is 0 Å². The molecule has 0 fully saturated rings. The molecule has 2 aromatic heterocycles. The highest BCUT2D eigenvalue weighted by molar-refractivity contribution is 5.83. The first kappa shape index (κ1) is 14.1. The van der Waals surface area contributed by atoms with Gasteiger partial charge >= 0.3 is 0 Å². The van der Waals surface area contributed by atoms with Gasteiger partial charge in [0.1, 0.15) is 0 Å². The van der Waals surface area contributed by atoms with Gasteiger partial charge in [0.15, 0.2) is 0 Å². The predicted molar refractivity (Wildman–Crippen MR) is 81.7 cm³/mol. The van der Waals surface area contributed by atoms with E-state index in [-0.39, 0.29) is 0 Å². The van der Waals surface area contributed by atoms with Gasteiger partial charge in [-0.1, -0.05) is 13.8 Å². The van der Waals surface area contributed by atoms with Crippen molar-refractivity contribution in [1.29, 1.82) is 0 Å². The van der Waals surface area contributed by atoms with Gasteiger partial charge in [-0.15, -0.1) is 0 Å². The first-order valence-electron chi connectivity index (χ1n) is 7.13. The van der Waals surface area contributed by atoms with Gasteiger partial charge in [0.25, 0.3) is 0 Å². The van der Waals surface area contributed by atoms with Gasteiger partial charge in [0.05, 0.1) is 5.52 Å². The third kappa shape index (κ3) is 2.81. The van der Waals surface area contributed by atoms with Gasteiger partial charge in [-0.05, 0) is 45.0 Å². The Hall–Kier alpha value is -1.35. The monoisotopic (exact) mass is 259 g/mol. The minimum absolute atomic E-state index is 0.470. The standard InChI is InChI=1S/C16H25N3/c1-6-12(2)15-11-19(13(3)10-18(4)5)16-7-8-17-9-14(15)16/h7-9,11-13H,6,10H2,1-5H3. The number of aromatic nitrogens is 2. The maximum atomic E-state index is 4.30. The van der Waals surface area contributed by atoms with Crippen LogP contribution >= 0.6 is 0 Å². The van der Waals surface area contributed by atoms with Crippen molar-refractivity contribution in [1.82, 2.24) is 14.5 Å². The molecule has 0 amide bonds. The first-order chi connectivity index (χ1) is 9.04. The van der Waals surface area contributed by atoms with Crippen molar-refractivity contribution in [3.63, 3.8) is 0 Å². The molecule has 2 aromatic rings. The fourth-order valence-electron chi connectivity index (χ4n) is 2.72. The number of rotatable bonds is 5. The molecule has 0 radical (unpaired) electrons. The minimum Gasteiger partial charge on any atom is -0.343 e. The molecule has 2 atom stereocenters. The molecular weight excluding hydrogens is 234 g/mol. The molecule has 3 heteroatoms. The fourth-order valence-corrected chi connectivity index (χ4v) is 2.72. The lowest BCUT2D eigenvalue weighted by molar-refractivity contribution is 0.341. The van der Waals surface area contributed by atoms with Crippen LogP contribution in [0.2, 0.25) is 0 Å². The van der Waals surface area contributed by atoms with Gasteiger partial charge in [0.2, 0.25) is 0 Å². The van der Waals surface area contributed by atoms with E-state index in [0.717, 1.165) is 13.0 Å². The average Bonchev–Trinajstić information content (AvgIpc) is 2.76. The van der Waals surface area contributed by atoms with E-state index in [1.165, 1.54) is 16.5 Å². The Kier molecular flexibility index (Phi) is 4.25. The normalized spacial score (nSPS) is 15.1. The summed E-state index contributed by atoms with van der Waals surface area (Å²) in [4.78, 5) is 6.54. The molecule has 0 saturated carbocycles. The van der Waals surface area contributed by atoms with Crippen LogP contribution in [0, 0.1) is 0 Å². The van der Waals surface area contributed by atoms with Crippen LogP contribution in [-0.4, -0.2) is 35.1 Å². The second-order valence-electron chi connectivity index (χ2n) is 5.81. The lowest BCUT2D eigenvalue weighted by Gasteiger charge is -2.19. The van der Waals surface area contributed by atoms with Crippen molar-refractivity contribution in [2.45, 2.75) is 39.2 Å². The summed E-state index contributed by atoms with van der Waals surface area (Å²) >= 11 is 0. The summed E-state index contributed by atoms with van der Waals surface area (Å²) in [5.74, 6) is 0.583. The van der Waals surface area contributed by atoms with Gasteiger partial charge in [-0.3, -0.25) is 4.98 Å². The molecule has 0 aliphatic heterocycles. The van der Waals surface area contributed by atoms with Crippen LogP contribution in [0.1, 0.15) is 44.7 Å². The predicted octanol–water partition coefficient (Wildman–Crippen LogP) is 3.67. The maximum Gasteiger partial charge on any atom is 0.0517 e. The van der Waals surface area contributed by atoms with E-state index in [1.807, 2.05) is 12.4 Å². The van der Waals surface area contributed by atoms with E-state index >= 15 is 0 Å². The zero-order valence-corrected chi connectivity index (χ0v) is 12.7. The van der Waals surface area contributed by atoms with Crippen LogP contribution in [0.5, 0.6) is 0 Å². The van der Waals surface area contributed by atoms with Gasteiger partial charge in [-0.2, -0.15) is 0 Å². The molecule has 0 aliphatic carbocycles. The van der Waals surface area contributed by atoms with E-state index in [4.69, 9.17) is 0 Å². The van der Waals surface area contributed by atoms with Crippen molar-refractivity contribution >= 4 is 10.9 Å². The largest absolute Gasteiger partial charge is 0.343 e. The van der Waals surface area contributed by atoms with Gasteiger partial charge in [0, 0.05) is 36.6 Å². The van der Waals surface area contributed by atoms with E-state index in [9.17, 15) is 0 Å². The van der Waals surface area contributed by atoms with Crippen molar-refractivity contribution in [2.24, 2.45) is 0 Å². The molecular formula is C16H25N3. The van der Waals surface area contributed by atoms with Crippen LogP contribution in [0.3, 0.4) is 0 Å². The summed E-state index contributed by atoms with van der Waals surface area (Å²) in [5.41, 5.74) is 2.73. The molecule has 0 saturated heterocycles. The number of likely N-dealkylation sites (N-methyl/N-ethyl adjacent to an activating group) is 1. The Morgan fingerprint density at radius 1 is 1.32 bits per heavy atom. The summed E-state index contributed by atoms with van der Waals surface area (Å²) in [7, 11) is 4.25. The lowest BCUT2D eigenvalue weighted by Crippen LogP contribution is -2.22. The molecule has 2 heterocycles. The van der Waals surface area contributed by atoms with Crippen LogP contribution < -0.4 is 0 Å². The van der Waals surface area contributed by atoms with Gasteiger partial charge < -0.3 is 9.47 Å². The quantitative estimate of drug-likeness (QED) is 0.817. The van der Waals surface area contributed by atoms with Gasteiger partial charge in [-0.25, -0.2) is 0 Å². The molecule has 0 aromatic carbocycles. The first-order valence-corrected chi connectivity index (χ1v) is 7.13. The zero-order valence-electron chi connectivity index (χ0n) is 12.7. The third-order valence-corrected chi connectivity index (χ3v) is 3.91. The number of pyridine rings is 1. The molecule has 0 bridgehead atoms. The molecule has 0 aliphatic rings. The minimum atomic E-state index is 0.470. The van der Waals surface area contributed by atoms with Crippen molar-refractivity contribution in [2.75, 3.05) is 20.6 Å². The number of hydrogen-bond acceptors (Lipinski definition) is 2. The Labute approximate surface area is 116 Å². The average molecular weight is 259 g/mol. The van der Waals surface area contributed by atoms with E-state index in [1.54, 1.807) is 0 Å². The molecule has 2 rings (SSSR count). The molecule has 3 nitrogen and oxygen atoms in total. The number of nitrogens with zero attached hydrogens (tertiary/aromatic N) is 3. The lowest BCUT2D eigenvalue weighted by atomic mass is 9.99. The molecule has 104 valence electrons. The van der Waals surface area contributed by atoms with Crippen molar-refractivity contribution in [3.8, 4) is 0 Å². The van der Waals surface area contributed by atoms with Crippen LogP contribution in [0.25, 0.3) is 10.9 Å². The Morgan fingerprint density at radius 3 is 2.68 bits per heavy atom. The topological polar surface area (TPSA) is 21.1 Å². The highest BCUT2D eigenvalue weighted by Crippen LogP contribution is 2.30. The SMILES string of the molecule is CCC(C)c1cn(C(C)CN(C)C)c2ccncc12. The van der Waals surface area contributed by atoms with Crippen LogP contribution in [-0.2, 0) is 0 Å². The second-order valence-corrected chi connectivity index (χ2v) is 5.81. The summed E-state index contributed by atoms with van der Waals surface area (Å²) in [6.45, 7) is 7.86.